The highest BCUT2D eigenvalue weighted by Gasteiger charge is 2.51. The quantitative estimate of drug-likeness (QED) is 0.498. The lowest BCUT2D eigenvalue weighted by Crippen LogP contribution is -2.44. The summed E-state index contributed by atoms with van der Waals surface area (Å²) in [5, 5.41) is 17.1. The molecule has 2 aliphatic rings. The number of nitrogens with zero attached hydrogens (tertiary/aromatic N) is 7. The highest BCUT2D eigenvalue weighted by atomic mass is 16.5. The van der Waals surface area contributed by atoms with Crippen LogP contribution >= 0.6 is 0 Å². The molecule has 8 nitrogen and oxygen atoms in total. The second-order valence-corrected chi connectivity index (χ2v) is 9.20. The van der Waals surface area contributed by atoms with Crippen molar-refractivity contribution in [3.8, 4) is 17.3 Å². The Balaban J connectivity index is 1.61. The first kappa shape index (κ1) is 18.5. The van der Waals surface area contributed by atoms with Crippen LogP contribution in [0.5, 0.6) is 0 Å². The molecule has 0 radical (unpaired) electrons. The molecule has 8 heteroatoms. The van der Waals surface area contributed by atoms with E-state index < -0.39 is 0 Å². The lowest BCUT2D eigenvalue weighted by Gasteiger charge is -2.46. The number of hydrogen-bond donors (Lipinski definition) is 0. The molecule has 3 aromatic heterocycles. The Morgan fingerprint density at radius 1 is 1.23 bits per heavy atom. The first-order valence-corrected chi connectivity index (χ1v) is 10.8. The molecular weight excluding hydrogens is 390 g/mol. The van der Waals surface area contributed by atoms with Gasteiger partial charge in [0.15, 0.2) is 0 Å². The molecule has 3 atom stereocenters. The molecule has 2 aliphatic carbocycles. The molecule has 0 saturated carbocycles. The molecule has 31 heavy (non-hydrogen) atoms. The van der Waals surface area contributed by atoms with E-state index in [0.717, 1.165) is 42.1 Å². The van der Waals surface area contributed by atoms with Gasteiger partial charge >= 0.3 is 0 Å². The van der Waals surface area contributed by atoms with Gasteiger partial charge in [0.05, 0.1) is 24.6 Å². The third-order valence-electron chi connectivity index (χ3n) is 7.36. The van der Waals surface area contributed by atoms with Gasteiger partial charge in [0.25, 0.3) is 5.95 Å². The van der Waals surface area contributed by atoms with Gasteiger partial charge in [-0.05, 0) is 42.9 Å². The van der Waals surface area contributed by atoms with Crippen molar-refractivity contribution >= 4 is 0 Å². The van der Waals surface area contributed by atoms with E-state index in [1.165, 1.54) is 21.6 Å². The number of tetrazole rings is 1. The van der Waals surface area contributed by atoms with Crippen LogP contribution in [0.25, 0.3) is 17.3 Å². The first-order chi connectivity index (χ1) is 15.0. The second kappa shape index (κ2) is 6.35. The number of rotatable bonds is 2. The molecule has 6 rings (SSSR count). The maximum absolute atomic E-state index is 5.63. The molecule has 158 valence electrons. The van der Waals surface area contributed by atoms with Crippen LogP contribution in [-0.4, -0.2) is 34.9 Å². The van der Waals surface area contributed by atoms with Gasteiger partial charge in [-0.25, -0.2) is 4.98 Å². The van der Waals surface area contributed by atoms with Crippen LogP contribution < -0.4 is 0 Å². The fraction of sp³-hybridized carbons (Fsp3) is 0.435. The molecule has 0 amide bonds. The van der Waals surface area contributed by atoms with E-state index >= 15 is 0 Å². The summed E-state index contributed by atoms with van der Waals surface area (Å²) in [6, 6.07) is 8.35. The number of fused-ring (bicyclic) bond motifs is 4. The van der Waals surface area contributed by atoms with E-state index in [9.17, 15) is 0 Å². The Morgan fingerprint density at radius 2 is 2.06 bits per heavy atom. The molecule has 0 unspecified atom stereocenters. The van der Waals surface area contributed by atoms with E-state index in [-0.39, 0.29) is 5.41 Å². The Hall–Kier alpha value is -3.29. The number of benzene rings is 1. The van der Waals surface area contributed by atoms with Gasteiger partial charge < -0.3 is 4.52 Å². The highest BCUT2D eigenvalue weighted by Crippen LogP contribution is 2.54. The van der Waals surface area contributed by atoms with E-state index in [0.29, 0.717) is 17.8 Å². The number of aryl methyl sites for hydroxylation is 2. The van der Waals surface area contributed by atoms with Crippen molar-refractivity contribution in [2.45, 2.75) is 51.4 Å². The fourth-order valence-electron chi connectivity index (χ4n) is 5.88. The topological polar surface area (TPSA) is 87.5 Å². The second-order valence-electron chi connectivity index (χ2n) is 9.20. The van der Waals surface area contributed by atoms with Crippen LogP contribution in [0.1, 0.15) is 54.5 Å². The Kier molecular flexibility index (Phi) is 3.79. The zero-order chi connectivity index (χ0) is 21.3. The maximum atomic E-state index is 5.63. The number of aromatic nitrogens is 7. The normalized spacial score (nSPS) is 24.5. The standard InChI is InChI=1S/C23H25N7O/c1-13-7-5-6-8-16(13)21-25-20-18(30(21)22-26-28-29(4)27-22)10-9-17-14(2)19-15(12-24-31-19)11-23(17,20)3/h5-8,12,14,17H,9-11H2,1-4H3/t14-,17-,23-/m0/s1. The summed E-state index contributed by atoms with van der Waals surface area (Å²) in [7, 11) is 1.79. The molecule has 0 spiro atoms. The minimum absolute atomic E-state index is 0.101. The van der Waals surface area contributed by atoms with Crippen LogP contribution in [0.4, 0.5) is 0 Å². The summed E-state index contributed by atoms with van der Waals surface area (Å²) in [6.07, 6.45) is 4.74. The molecular formula is C23H25N7O. The summed E-state index contributed by atoms with van der Waals surface area (Å²) in [6.45, 7) is 6.74. The molecule has 1 aromatic carbocycles. The van der Waals surface area contributed by atoms with Gasteiger partial charge in [0.1, 0.15) is 11.6 Å². The van der Waals surface area contributed by atoms with Crippen molar-refractivity contribution in [1.29, 1.82) is 0 Å². The average Bonchev–Trinajstić information content (AvgIpc) is 3.46. The zero-order valence-electron chi connectivity index (χ0n) is 18.2. The van der Waals surface area contributed by atoms with E-state index in [1.54, 1.807) is 7.05 Å². The van der Waals surface area contributed by atoms with Crippen LogP contribution in [-0.2, 0) is 25.3 Å². The van der Waals surface area contributed by atoms with E-state index in [4.69, 9.17) is 9.51 Å². The van der Waals surface area contributed by atoms with Gasteiger partial charge in [-0.15, -0.1) is 5.10 Å². The Bertz CT molecular complexity index is 1300. The van der Waals surface area contributed by atoms with Crippen molar-refractivity contribution < 1.29 is 4.52 Å². The molecule has 0 fully saturated rings. The van der Waals surface area contributed by atoms with Crippen LogP contribution in [0, 0.1) is 12.8 Å². The van der Waals surface area contributed by atoms with Gasteiger partial charge in [0.2, 0.25) is 0 Å². The third-order valence-corrected chi connectivity index (χ3v) is 7.36. The van der Waals surface area contributed by atoms with Crippen LogP contribution in [0.2, 0.25) is 0 Å². The molecule has 3 heterocycles. The van der Waals surface area contributed by atoms with Crippen LogP contribution in [0.3, 0.4) is 0 Å². The summed E-state index contributed by atoms with van der Waals surface area (Å²) in [4.78, 5) is 6.81. The van der Waals surface area contributed by atoms with Gasteiger partial charge in [-0.2, -0.15) is 4.80 Å². The largest absolute Gasteiger partial charge is 0.361 e. The van der Waals surface area contributed by atoms with Gasteiger partial charge in [-0.1, -0.05) is 48.4 Å². The maximum Gasteiger partial charge on any atom is 0.276 e. The van der Waals surface area contributed by atoms with Crippen molar-refractivity contribution in [2.24, 2.45) is 13.0 Å². The Morgan fingerprint density at radius 3 is 2.84 bits per heavy atom. The van der Waals surface area contributed by atoms with E-state index in [2.05, 4.69) is 70.2 Å². The lowest BCUT2D eigenvalue weighted by molar-refractivity contribution is 0.171. The SMILES string of the molecule is Cc1ccccc1-c1nc2c(n1-c1nnn(C)n1)CC[C@H]1[C@H](C)c3oncc3C[C@]21C. The molecule has 0 bridgehead atoms. The van der Waals surface area contributed by atoms with E-state index in [1.807, 2.05) is 6.20 Å². The first-order valence-electron chi connectivity index (χ1n) is 10.8. The predicted octanol–water partition coefficient (Wildman–Crippen LogP) is 3.54. The fourth-order valence-corrected chi connectivity index (χ4v) is 5.88. The van der Waals surface area contributed by atoms with Crippen molar-refractivity contribution in [3.63, 3.8) is 0 Å². The summed E-state index contributed by atoms with van der Waals surface area (Å²) in [5.41, 5.74) is 5.71. The Labute approximate surface area is 180 Å². The molecule has 0 N–H and O–H groups in total. The number of imidazole rings is 1. The summed E-state index contributed by atoms with van der Waals surface area (Å²) in [5.74, 6) is 3.27. The summed E-state index contributed by atoms with van der Waals surface area (Å²) >= 11 is 0. The smallest absolute Gasteiger partial charge is 0.276 e. The molecule has 4 aromatic rings. The zero-order valence-corrected chi connectivity index (χ0v) is 18.2. The lowest BCUT2D eigenvalue weighted by atomic mass is 9.57. The molecule has 0 saturated heterocycles. The average molecular weight is 416 g/mol. The van der Waals surface area contributed by atoms with Crippen molar-refractivity contribution in [1.82, 2.24) is 34.9 Å². The highest BCUT2D eigenvalue weighted by molar-refractivity contribution is 5.64. The third kappa shape index (κ3) is 2.50. The van der Waals surface area contributed by atoms with Gasteiger partial charge in [-0.3, -0.25) is 4.57 Å². The monoisotopic (exact) mass is 415 g/mol. The van der Waals surface area contributed by atoms with Crippen molar-refractivity contribution in [2.75, 3.05) is 0 Å². The predicted molar refractivity (Wildman–Crippen MR) is 114 cm³/mol. The summed E-state index contributed by atoms with van der Waals surface area (Å²) < 4.78 is 7.75. The molecule has 0 aliphatic heterocycles. The minimum atomic E-state index is -0.101. The van der Waals surface area contributed by atoms with Gasteiger partial charge in [0, 0.05) is 22.5 Å². The van der Waals surface area contributed by atoms with Crippen LogP contribution in [0.15, 0.2) is 35.0 Å². The van der Waals surface area contributed by atoms with Crippen molar-refractivity contribution in [3.05, 3.63) is 58.7 Å². The minimum Gasteiger partial charge on any atom is -0.361 e. The number of hydrogen-bond acceptors (Lipinski definition) is 6.